The van der Waals surface area contributed by atoms with E-state index in [1.807, 2.05) is 0 Å². The van der Waals surface area contributed by atoms with Crippen LogP contribution < -0.4 is 5.14 Å². The normalized spacial score (nSPS) is 12.2. The summed E-state index contributed by atoms with van der Waals surface area (Å²) in [4.78, 5) is 15.2. The van der Waals surface area contributed by atoms with E-state index >= 15 is 0 Å². The van der Waals surface area contributed by atoms with E-state index in [2.05, 4.69) is 4.98 Å². The molecule has 0 aliphatic heterocycles. The molecule has 0 saturated heterocycles. The van der Waals surface area contributed by atoms with Gasteiger partial charge in [0.15, 0.2) is 0 Å². The van der Waals surface area contributed by atoms with Crippen LogP contribution >= 0.6 is 0 Å². The molecule has 0 aliphatic rings. The second-order valence-electron chi connectivity index (χ2n) is 2.39. The monoisotopic (exact) mass is 214 g/mol. The smallest absolute Gasteiger partial charge is 0.343 e. The highest BCUT2D eigenvalue weighted by atomic mass is 32.2. The summed E-state index contributed by atoms with van der Waals surface area (Å²) in [6.45, 7) is 1.95. The lowest BCUT2D eigenvalue weighted by Gasteiger charge is -2.07. The van der Waals surface area contributed by atoms with E-state index in [4.69, 9.17) is 9.88 Å². The van der Waals surface area contributed by atoms with Crippen LogP contribution in [0.4, 0.5) is 0 Å². The van der Waals surface area contributed by atoms with Crippen molar-refractivity contribution in [3.63, 3.8) is 0 Å². The summed E-state index contributed by atoms with van der Waals surface area (Å²) in [6, 6.07) is 1.43. The molecule has 14 heavy (non-hydrogen) atoms. The van der Waals surface area contributed by atoms with Crippen LogP contribution in [0.3, 0.4) is 0 Å². The minimum Gasteiger partial charge on any atom is -0.593 e. The van der Waals surface area contributed by atoms with Crippen LogP contribution in [0, 0.1) is 0 Å². The van der Waals surface area contributed by atoms with Crippen LogP contribution in [0.15, 0.2) is 23.4 Å². The van der Waals surface area contributed by atoms with Crippen molar-refractivity contribution >= 4 is 17.3 Å². The molecule has 0 aliphatic carbocycles. The summed E-state index contributed by atoms with van der Waals surface area (Å²) >= 11 is -1.73. The van der Waals surface area contributed by atoms with E-state index in [1.165, 1.54) is 18.5 Å². The summed E-state index contributed by atoms with van der Waals surface area (Å²) in [6.07, 6.45) is 2.71. The van der Waals surface area contributed by atoms with Gasteiger partial charge in [-0.3, -0.25) is 4.98 Å². The first kappa shape index (κ1) is 11.0. The van der Waals surface area contributed by atoms with Crippen molar-refractivity contribution in [3.05, 3.63) is 24.0 Å². The van der Waals surface area contributed by atoms with Crippen LogP contribution in [-0.2, 0) is 16.1 Å². The molecule has 0 amide bonds. The van der Waals surface area contributed by atoms with E-state index < -0.39 is 17.3 Å². The number of hydrogen-bond donors (Lipinski definition) is 1. The van der Waals surface area contributed by atoms with Crippen molar-refractivity contribution in [2.45, 2.75) is 11.8 Å². The number of esters is 1. The number of hydrogen-bond acceptors (Lipinski definition) is 5. The van der Waals surface area contributed by atoms with Gasteiger partial charge in [0, 0.05) is 6.20 Å². The standard InChI is InChI=1S/C8H10N2O3S/c1-2-13-8(11)6-3-4-10-5-7(6)14(9)12/h3-5H,2,9H2,1H3. The number of carbonyl (C=O) groups excluding carboxylic acids is 1. The molecule has 1 atom stereocenters. The Morgan fingerprint density at radius 2 is 2.50 bits per heavy atom. The first-order valence-electron chi connectivity index (χ1n) is 3.94. The van der Waals surface area contributed by atoms with Crippen molar-refractivity contribution in [2.24, 2.45) is 5.14 Å². The summed E-state index contributed by atoms with van der Waals surface area (Å²) in [5, 5.41) is 5.17. The van der Waals surface area contributed by atoms with Crippen LogP contribution in [0.25, 0.3) is 0 Å². The topological polar surface area (TPSA) is 88.3 Å². The van der Waals surface area contributed by atoms with Gasteiger partial charge in [0.2, 0.25) is 4.90 Å². The highest BCUT2D eigenvalue weighted by molar-refractivity contribution is 7.89. The maximum Gasteiger partial charge on any atom is 0.343 e. The zero-order chi connectivity index (χ0) is 10.6. The van der Waals surface area contributed by atoms with Crippen molar-refractivity contribution in [3.8, 4) is 0 Å². The van der Waals surface area contributed by atoms with Crippen molar-refractivity contribution in [2.75, 3.05) is 6.61 Å². The average molecular weight is 214 g/mol. The zero-order valence-electron chi connectivity index (χ0n) is 7.60. The largest absolute Gasteiger partial charge is 0.593 e. The third-order valence-corrected chi connectivity index (χ3v) is 2.26. The number of rotatable bonds is 3. The lowest BCUT2D eigenvalue weighted by Crippen LogP contribution is -2.18. The van der Waals surface area contributed by atoms with E-state index in [-0.39, 0.29) is 17.1 Å². The maximum absolute atomic E-state index is 11.3. The second-order valence-corrected chi connectivity index (χ2v) is 3.42. The molecule has 1 aromatic heterocycles. The van der Waals surface area contributed by atoms with Crippen LogP contribution in [0.5, 0.6) is 0 Å². The van der Waals surface area contributed by atoms with Gasteiger partial charge in [0.1, 0.15) is 5.56 Å². The molecular formula is C8H10N2O3S. The second kappa shape index (κ2) is 4.94. The van der Waals surface area contributed by atoms with Crippen LogP contribution in [-0.4, -0.2) is 22.1 Å². The molecule has 1 unspecified atom stereocenters. The Balaban J connectivity index is 3.00. The first-order valence-corrected chi connectivity index (χ1v) is 5.15. The SMILES string of the molecule is CCOC(=O)c1ccncc1[S+](N)[O-]. The minimum absolute atomic E-state index is 0.186. The molecule has 0 aromatic carbocycles. The molecule has 0 spiro atoms. The predicted molar refractivity (Wildman–Crippen MR) is 50.8 cm³/mol. The number of pyridine rings is 1. The summed E-state index contributed by atoms with van der Waals surface area (Å²) in [7, 11) is 0. The minimum atomic E-state index is -1.73. The Morgan fingerprint density at radius 1 is 1.79 bits per heavy atom. The fourth-order valence-electron chi connectivity index (χ4n) is 0.918. The molecule has 1 rings (SSSR count). The van der Waals surface area contributed by atoms with E-state index in [0.717, 1.165) is 0 Å². The Hall–Kier alpha value is -1.11. The van der Waals surface area contributed by atoms with Gasteiger partial charge in [0.05, 0.1) is 24.2 Å². The van der Waals surface area contributed by atoms with Gasteiger partial charge in [-0.1, -0.05) is 0 Å². The molecule has 0 saturated carbocycles. The van der Waals surface area contributed by atoms with E-state index in [9.17, 15) is 9.35 Å². The van der Waals surface area contributed by atoms with Crippen molar-refractivity contribution < 1.29 is 14.1 Å². The molecule has 0 radical (unpaired) electrons. The van der Waals surface area contributed by atoms with Gasteiger partial charge in [-0.2, -0.15) is 0 Å². The van der Waals surface area contributed by atoms with E-state index in [1.54, 1.807) is 6.92 Å². The van der Waals surface area contributed by atoms with Gasteiger partial charge in [0.25, 0.3) is 0 Å². The molecule has 0 fully saturated rings. The molecule has 6 heteroatoms. The number of carbonyl (C=O) groups is 1. The highest BCUT2D eigenvalue weighted by Gasteiger charge is 2.19. The third kappa shape index (κ3) is 2.44. The first-order chi connectivity index (χ1) is 6.66. The fraction of sp³-hybridized carbons (Fsp3) is 0.250. The van der Waals surface area contributed by atoms with Gasteiger partial charge < -0.3 is 9.29 Å². The highest BCUT2D eigenvalue weighted by Crippen LogP contribution is 2.13. The van der Waals surface area contributed by atoms with Gasteiger partial charge in [-0.25, -0.2) is 4.79 Å². The Morgan fingerprint density at radius 3 is 3.07 bits per heavy atom. The number of nitrogens with zero attached hydrogens (tertiary/aromatic N) is 1. The van der Waals surface area contributed by atoms with Gasteiger partial charge >= 0.3 is 5.97 Å². The van der Waals surface area contributed by atoms with Crippen LogP contribution in [0.1, 0.15) is 17.3 Å². The molecule has 0 bridgehead atoms. The van der Waals surface area contributed by atoms with Crippen molar-refractivity contribution in [1.82, 2.24) is 4.98 Å². The Labute approximate surface area is 84.6 Å². The molecule has 2 N–H and O–H groups in total. The Bertz CT molecular complexity index is 330. The average Bonchev–Trinajstić information content (AvgIpc) is 2.18. The molecule has 1 heterocycles. The molecule has 1 aromatic rings. The number of ether oxygens (including phenoxy) is 1. The van der Waals surface area contributed by atoms with E-state index in [0.29, 0.717) is 0 Å². The lowest BCUT2D eigenvalue weighted by atomic mass is 10.3. The summed E-state index contributed by atoms with van der Waals surface area (Å²) in [5.74, 6) is -0.538. The molecular weight excluding hydrogens is 204 g/mol. The van der Waals surface area contributed by atoms with Gasteiger partial charge in [-0.05, 0) is 13.0 Å². The zero-order valence-corrected chi connectivity index (χ0v) is 8.41. The summed E-state index contributed by atoms with van der Waals surface area (Å²) < 4.78 is 15.8. The number of aromatic nitrogens is 1. The van der Waals surface area contributed by atoms with Crippen molar-refractivity contribution in [1.29, 1.82) is 0 Å². The number of nitrogens with two attached hydrogens (primary N) is 1. The summed E-state index contributed by atoms with van der Waals surface area (Å²) in [5.41, 5.74) is 0.197. The van der Waals surface area contributed by atoms with Gasteiger partial charge in [-0.15, -0.1) is 5.14 Å². The maximum atomic E-state index is 11.3. The lowest BCUT2D eigenvalue weighted by molar-refractivity contribution is 0.0521. The predicted octanol–water partition coefficient (Wildman–Crippen LogP) is 0.240. The quantitative estimate of drug-likeness (QED) is 0.575. The third-order valence-electron chi connectivity index (χ3n) is 1.50. The van der Waals surface area contributed by atoms with Crippen LogP contribution in [0.2, 0.25) is 0 Å². The molecule has 76 valence electrons. The molecule has 5 nitrogen and oxygen atoms in total. The Kier molecular flexibility index (Phi) is 3.87. The fourth-order valence-corrected chi connectivity index (χ4v) is 1.45.